The molecule has 3 atom stereocenters. The first kappa shape index (κ1) is 17.6. The van der Waals surface area contributed by atoms with Crippen molar-refractivity contribution in [3.63, 3.8) is 0 Å². The molecule has 0 saturated carbocycles. The summed E-state index contributed by atoms with van der Waals surface area (Å²) in [7, 11) is 0. The summed E-state index contributed by atoms with van der Waals surface area (Å²) >= 11 is 0. The lowest BCUT2D eigenvalue weighted by Crippen LogP contribution is -2.35. The lowest BCUT2D eigenvalue weighted by atomic mass is 9.97. The van der Waals surface area contributed by atoms with Gasteiger partial charge in [0, 0.05) is 6.04 Å². The summed E-state index contributed by atoms with van der Waals surface area (Å²) in [5.74, 6) is -0.0203. The minimum Gasteiger partial charge on any atom is -0.388 e. The molecule has 3 unspecified atom stereocenters. The maximum absolute atomic E-state index is 13.1. The van der Waals surface area contributed by atoms with E-state index in [1.165, 1.54) is 12.3 Å². The van der Waals surface area contributed by atoms with E-state index in [0.29, 0.717) is 12.3 Å². The third kappa shape index (κ3) is 5.12. The number of halogens is 1. The minimum atomic E-state index is -0.507. The van der Waals surface area contributed by atoms with Crippen molar-refractivity contribution in [2.24, 2.45) is 5.92 Å². The first-order valence-corrected chi connectivity index (χ1v) is 8.08. The van der Waals surface area contributed by atoms with Crippen molar-refractivity contribution in [2.75, 3.05) is 0 Å². The van der Waals surface area contributed by atoms with Crippen molar-refractivity contribution in [1.29, 1.82) is 0 Å². The van der Waals surface area contributed by atoms with Crippen LogP contribution in [0.4, 0.5) is 4.39 Å². The second-order valence-corrected chi connectivity index (χ2v) is 6.35. The number of aliphatic hydroxyl groups excluding tert-OH is 1. The quantitative estimate of drug-likeness (QED) is 0.811. The average molecular weight is 316 g/mol. The van der Waals surface area contributed by atoms with Gasteiger partial charge in [0.05, 0.1) is 24.0 Å². The van der Waals surface area contributed by atoms with Crippen LogP contribution in [0.3, 0.4) is 0 Å². The molecule has 0 aliphatic rings. The highest BCUT2D eigenvalue weighted by Crippen LogP contribution is 2.23. The van der Waals surface area contributed by atoms with Crippen LogP contribution in [0.1, 0.15) is 50.6 Å². The molecule has 4 heteroatoms. The maximum atomic E-state index is 13.1. The Labute approximate surface area is 137 Å². The topological polar surface area (TPSA) is 45.1 Å². The van der Waals surface area contributed by atoms with Gasteiger partial charge in [0.2, 0.25) is 0 Å². The molecule has 0 fully saturated rings. The van der Waals surface area contributed by atoms with Crippen LogP contribution in [0.5, 0.6) is 0 Å². The van der Waals surface area contributed by atoms with Gasteiger partial charge in [-0.1, -0.05) is 44.2 Å². The molecule has 2 N–H and O–H groups in total. The van der Waals surface area contributed by atoms with Crippen LogP contribution in [0, 0.1) is 11.7 Å². The largest absolute Gasteiger partial charge is 0.388 e. The molecule has 2 rings (SSSR count). The Bertz CT molecular complexity index is 586. The molecule has 1 aromatic heterocycles. The maximum Gasteiger partial charge on any atom is 0.141 e. The third-order valence-electron chi connectivity index (χ3n) is 3.96. The van der Waals surface area contributed by atoms with Crippen molar-refractivity contribution in [2.45, 2.75) is 45.4 Å². The van der Waals surface area contributed by atoms with Gasteiger partial charge in [-0.05, 0) is 37.0 Å². The third-order valence-corrected chi connectivity index (χ3v) is 3.96. The van der Waals surface area contributed by atoms with Gasteiger partial charge in [-0.15, -0.1) is 0 Å². The molecule has 0 saturated heterocycles. The number of nitrogens with zero attached hydrogens (tertiary/aromatic N) is 1. The Hall–Kier alpha value is -1.78. The second kappa shape index (κ2) is 8.18. The van der Waals surface area contributed by atoms with E-state index in [1.54, 1.807) is 6.07 Å². The molecule has 0 bridgehead atoms. The van der Waals surface area contributed by atoms with Gasteiger partial charge >= 0.3 is 0 Å². The van der Waals surface area contributed by atoms with Gasteiger partial charge in [-0.2, -0.15) is 0 Å². The van der Waals surface area contributed by atoms with Gasteiger partial charge in [0.1, 0.15) is 5.82 Å². The summed E-state index contributed by atoms with van der Waals surface area (Å²) in [6.45, 7) is 6.25. The van der Waals surface area contributed by atoms with Crippen molar-refractivity contribution in [3.05, 3.63) is 65.7 Å². The van der Waals surface area contributed by atoms with Crippen LogP contribution in [-0.4, -0.2) is 16.1 Å². The van der Waals surface area contributed by atoms with Gasteiger partial charge < -0.3 is 10.4 Å². The number of aromatic nitrogens is 1. The molecule has 1 aromatic carbocycles. The lowest BCUT2D eigenvalue weighted by molar-refractivity contribution is 0.149. The Morgan fingerprint density at radius 2 is 1.78 bits per heavy atom. The number of hydrogen-bond acceptors (Lipinski definition) is 3. The monoisotopic (exact) mass is 316 g/mol. The molecule has 3 nitrogen and oxygen atoms in total. The molecule has 1 heterocycles. The summed E-state index contributed by atoms with van der Waals surface area (Å²) in [5.41, 5.74) is 1.74. The fourth-order valence-corrected chi connectivity index (χ4v) is 2.71. The summed E-state index contributed by atoms with van der Waals surface area (Å²) in [5, 5.41) is 13.9. The highest BCUT2D eigenvalue weighted by Gasteiger charge is 2.21. The highest BCUT2D eigenvalue weighted by molar-refractivity contribution is 5.17. The second-order valence-electron chi connectivity index (χ2n) is 6.35. The molecular weight excluding hydrogens is 291 g/mol. The SMILES string of the molecule is CC(CC(O)c1ccccc1)NC(c1ccc(F)cn1)C(C)C. The van der Waals surface area contributed by atoms with E-state index in [0.717, 1.165) is 11.3 Å². The summed E-state index contributed by atoms with van der Waals surface area (Å²) < 4.78 is 13.1. The van der Waals surface area contributed by atoms with Crippen LogP contribution in [0.2, 0.25) is 0 Å². The van der Waals surface area contributed by atoms with Crippen molar-refractivity contribution in [3.8, 4) is 0 Å². The highest BCUT2D eigenvalue weighted by atomic mass is 19.1. The first-order valence-electron chi connectivity index (χ1n) is 8.08. The molecule has 0 amide bonds. The van der Waals surface area contributed by atoms with Crippen LogP contribution in [0.25, 0.3) is 0 Å². The predicted molar refractivity (Wildman–Crippen MR) is 90.4 cm³/mol. The van der Waals surface area contributed by atoms with E-state index in [4.69, 9.17) is 0 Å². The van der Waals surface area contributed by atoms with Crippen molar-refractivity contribution in [1.82, 2.24) is 10.3 Å². The summed E-state index contributed by atoms with van der Waals surface area (Å²) in [4.78, 5) is 4.19. The Morgan fingerprint density at radius 1 is 1.09 bits per heavy atom. The Kier molecular flexibility index (Phi) is 6.25. The number of nitrogens with one attached hydrogen (secondary N) is 1. The fourth-order valence-electron chi connectivity index (χ4n) is 2.71. The van der Waals surface area contributed by atoms with E-state index >= 15 is 0 Å². The minimum absolute atomic E-state index is 0.0218. The molecule has 0 aliphatic heterocycles. The van der Waals surface area contributed by atoms with Crippen LogP contribution in [0.15, 0.2) is 48.7 Å². The van der Waals surface area contributed by atoms with Crippen LogP contribution in [-0.2, 0) is 0 Å². The molecule has 23 heavy (non-hydrogen) atoms. The van der Waals surface area contributed by atoms with Crippen LogP contribution < -0.4 is 5.32 Å². The molecule has 0 aliphatic carbocycles. The first-order chi connectivity index (χ1) is 11.0. The van der Waals surface area contributed by atoms with Gasteiger partial charge in [-0.3, -0.25) is 4.98 Å². The zero-order valence-electron chi connectivity index (χ0n) is 13.9. The van der Waals surface area contributed by atoms with Gasteiger partial charge in [0.25, 0.3) is 0 Å². The normalized spacial score (nSPS) is 15.4. The predicted octanol–water partition coefficient (Wildman–Crippen LogP) is 4.02. The van der Waals surface area contributed by atoms with Crippen LogP contribution >= 0.6 is 0 Å². The fraction of sp³-hybridized carbons (Fsp3) is 0.421. The molecular formula is C19H25FN2O. The lowest BCUT2D eigenvalue weighted by Gasteiger charge is -2.27. The summed E-state index contributed by atoms with van der Waals surface area (Å²) in [6, 6.07) is 12.9. The van der Waals surface area contributed by atoms with E-state index in [9.17, 15) is 9.50 Å². The van der Waals surface area contributed by atoms with Gasteiger partial charge in [-0.25, -0.2) is 4.39 Å². The standard InChI is InChI=1S/C19H25FN2O/c1-13(2)19(17-10-9-16(20)12-21-17)22-14(3)11-18(23)15-7-5-4-6-8-15/h4-10,12-14,18-19,22-23H,11H2,1-3H3. The molecule has 0 spiro atoms. The van der Waals surface area contributed by atoms with E-state index < -0.39 is 6.10 Å². The molecule has 2 aromatic rings. The zero-order chi connectivity index (χ0) is 16.8. The smallest absolute Gasteiger partial charge is 0.141 e. The molecule has 124 valence electrons. The van der Waals surface area contributed by atoms with E-state index in [-0.39, 0.29) is 17.9 Å². The number of benzene rings is 1. The van der Waals surface area contributed by atoms with E-state index in [2.05, 4.69) is 24.1 Å². The number of hydrogen-bond donors (Lipinski definition) is 2. The number of pyridine rings is 1. The summed E-state index contributed by atoms with van der Waals surface area (Å²) in [6.07, 6.45) is 1.34. The molecule has 0 radical (unpaired) electrons. The van der Waals surface area contributed by atoms with Crippen molar-refractivity contribution < 1.29 is 9.50 Å². The number of aliphatic hydroxyl groups is 1. The average Bonchev–Trinajstić information content (AvgIpc) is 2.54. The Morgan fingerprint density at radius 3 is 2.35 bits per heavy atom. The van der Waals surface area contributed by atoms with Crippen molar-refractivity contribution >= 4 is 0 Å². The number of rotatable bonds is 7. The Balaban J connectivity index is 2.01. The van der Waals surface area contributed by atoms with E-state index in [1.807, 2.05) is 37.3 Å². The zero-order valence-corrected chi connectivity index (χ0v) is 13.9. The van der Waals surface area contributed by atoms with Gasteiger partial charge in [0.15, 0.2) is 0 Å².